The molecule has 0 radical (unpaired) electrons. The lowest BCUT2D eigenvalue weighted by Gasteiger charge is -2.55. The maximum absolute atomic E-state index is 12.2. The van der Waals surface area contributed by atoms with Crippen molar-refractivity contribution in [2.75, 3.05) is 6.54 Å². The first-order valence-corrected chi connectivity index (χ1v) is 12.8. The number of piperidine rings is 1. The van der Waals surface area contributed by atoms with Gasteiger partial charge in [0.15, 0.2) is 0 Å². The van der Waals surface area contributed by atoms with Crippen molar-refractivity contribution < 1.29 is 15.3 Å². The summed E-state index contributed by atoms with van der Waals surface area (Å²) >= 11 is 0. The van der Waals surface area contributed by atoms with Crippen molar-refractivity contribution in [2.45, 2.75) is 101 Å². The number of aliphatic hydroxyl groups is 3. The van der Waals surface area contributed by atoms with Crippen LogP contribution in [0.5, 0.6) is 0 Å². The second-order valence-electron chi connectivity index (χ2n) is 12.3. The highest BCUT2D eigenvalue weighted by atomic mass is 16.3. The van der Waals surface area contributed by atoms with Gasteiger partial charge in [0.05, 0.1) is 12.2 Å². The number of rotatable bonds is 0. The Kier molecular flexibility index (Phi) is 3.86. The predicted octanol–water partition coefficient (Wildman–Crippen LogP) is 3.62. The zero-order valence-corrected chi connectivity index (χ0v) is 18.9. The summed E-state index contributed by atoms with van der Waals surface area (Å²) in [5.41, 5.74) is 4.78. The molecule has 0 spiro atoms. The van der Waals surface area contributed by atoms with E-state index < -0.39 is 5.72 Å². The molecule has 3 heterocycles. The summed E-state index contributed by atoms with van der Waals surface area (Å²) in [5, 5.41) is 33.7. The van der Waals surface area contributed by atoms with Gasteiger partial charge in [-0.3, -0.25) is 4.90 Å². The molecule has 7 rings (SSSR count). The summed E-state index contributed by atoms with van der Waals surface area (Å²) in [5.74, 6) is 2.20. The van der Waals surface area contributed by atoms with Crippen LogP contribution in [0.25, 0.3) is 0 Å². The largest absolute Gasteiger partial charge is 0.393 e. The van der Waals surface area contributed by atoms with Crippen LogP contribution in [0.2, 0.25) is 0 Å². The van der Waals surface area contributed by atoms with Gasteiger partial charge in [-0.05, 0) is 103 Å². The van der Waals surface area contributed by atoms with Gasteiger partial charge in [-0.15, -0.1) is 0 Å². The number of aliphatic hydroxyl groups excluding tert-OH is 2. The third-order valence-corrected chi connectivity index (χ3v) is 11.1. The van der Waals surface area contributed by atoms with Crippen LogP contribution < -0.4 is 0 Å². The van der Waals surface area contributed by atoms with Crippen molar-refractivity contribution in [2.24, 2.45) is 23.2 Å². The summed E-state index contributed by atoms with van der Waals surface area (Å²) in [7, 11) is 0. The minimum Gasteiger partial charge on any atom is -0.393 e. The molecule has 0 unspecified atom stereocenters. The van der Waals surface area contributed by atoms with Crippen molar-refractivity contribution >= 4 is 0 Å². The summed E-state index contributed by atoms with van der Waals surface area (Å²) in [6.45, 7) is 5.82. The Bertz CT molecular complexity index is 947. The molecule has 3 N–H and O–H groups in total. The van der Waals surface area contributed by atoms with E-state index in [2.05, 4.69) is 30.9 Å². The first kappa shape index (κ1) is 19.5. The number of nitrogens with zero attached hydrogens (tertiary/aromatic N) is 1. The highest BCUT2D eigenvalue weighted by Gasteiger charge is 2.61. The van der Waals surface area contributed by atoms with Crippen LogP contribution in [-0.2, 0) is 12.1 Å². The molecule has 2 saturated carbocycles. The molecule has 3 aliphatic carbocycles. The number of hydrogen-bond acceptors (Lipinski definition) is 4. The summed E-state index contributed by atoms with van der Waals surface area (Å²) in [6, 6.07) is 5.18. The summed E-state index contributed by atoms with van der Waals surface area (Å²) in [6.07, 6.45) is 7.22. The Morgan fingerprint density at radius 1 is 1.03 bits per heavy atom. The fourth-order valence-corrected chi connectivity index (χ4v) is 9.64. The Morgan fingerprint density at radius 3 is 2.68 bits per heavy atom. The topological polar surface area (TPSA) is 63.9 Å². The average Bonchev–Trinajstić information content (AvgIpc) is 3.25. The third-order valence-electron chi connectivity index (χ3n) is 11.1. The van der Waals surface area contributed by atoms with E-state index in [0.29, 0.717) is 29.7 Å². The van der Waals surface area contributed by atoms with Gasteiger partial charge in [0.25, 0.3) is 0 Å². The minimum atomic E-state index is -0.784. The lowest BCUT2D eigenvalue weighted by Crippen LogP contribution is -2.54. The van der Waals surface area contributed by atoms with Crippen molar-refractivity contribution in [3.63, 3.8) is 0 Å². The molecule has 4 nitrogen and oxygen atoms in total. The SMILES string of the molecule is C[C@@H]1c2ccc3c(c2[C@@]2(O)C[C@H]4CC[C@H]1N2C4)C[C@@H]1[C@H]3C[C@@H](O)[C@@H]2C[C@@H](O)CC[C@]12C. The van der Waals surface area contributed by atoms with Crippen LogP contribution in [0.15, 0.2) is 12.1 Å². The molecule has 0 amide bonds. The van der Waals surface area contributed by atoms with Crippen LogP contribution in [-0.4, -0.2) is 45.0 Å². The zero-order chi connectivity index (χ0) is 21.3. The number of hydrogen-bond donors (Lipinski definition) is 3. The molecule has 0 aromatic heterocycles. The molecule has 2 saturated heterocycles. The van der Waals surface area contributed by atoms with Gasteiger partial charge in [-0.2, -0.15) is 0 Å². The van der Waals surface area contributed by atoms with E-state index >= 15 is 0 Å². The van der Waals surface area contributed by atoms with E-state index in [4.69, 9.17) is 0 Å². The van der Waals surface area contributed by atoms with Crippen molar-refractivity contribution in [1.29, 1.82) is 0 Å². The molecule has 4 fully saturated rings. The van der Waals surface area contributed by atoms with E-state index in [1.54, 1.807) is 0 Å². The second kappa shape index (κ2) is 6.14. The second-order valence-corrected chi connectivity index (χ2v) is 12.3. The first-order chi connectivity index (χ1) is 14.8. The average molecular weight is 424 g/mol. The van der Waals surface area contributed by atoms with Gasteiger partial charge < -0.3 is 15.3 Å². The van der Waals surface area contributed by atoms with Crippen molar-refractivity contribution in [3.05, 3.63) is 34.4 Å². The highest BCUT2D eigenvalue weighted by Crippen LogP contribution is 2.64. The van der Waals surface area contributed by atoms with Crippen LogP contribution in [0, 0.1) is 23.2 Å². The standard InChI is InChI=1S/C27H37NO3/c1-14-17-4-5-18-19-11-24(30)22-9-16(29)7-8-26(22,2)21(19)10-20(18)25(17)27(31)12-15-3-6-23(14)28(27)13-15/h4-5,14-16,19,21-24,29-31H,3,6-13H2,1-2H3/t14-,15-,16+,19+,21-,22+,23-,24-,26-,27+/m1/s1. The third kappa shape index (κ3) is 2.31. The molecule has 31 heavy (non-hydrogen) atoms. The first-order valence-electron chi connectivity index (χ1n) is 12.8. The zero-order valence-electron chi connectivity index (χ0n) is 18.9. The Morgan fingerprint density at radius 2 is 1.84 bits per heavy atom. The molecule has 4 heteroatoms. The van der Waals surface area contributed by atoms with E-state index in [-0.39, 0.29) is 23.5 Å². The van der Waals surface area contributed by atoms with Gasteiger partial charge in [-0.25, -0.2) is 0 Å². The number of benzene rings is 1. The molecule has 1 aromatic rings. The van der Waals surface area contributed by atoms with Crippen molar-refractivity contribution in [1.82, 2.24) is 4.90 Å². The molecular weight excluding hydrogens is 386 g/mol. The maximum Gasteiger partial charge on any atom is 0.145 e. The smallest absolute Gasteiger partial charge is 0.145 e. The lowest BCUT2D eigenvalue weighted by atomic mass is 9.51. The molecular formula is C27H37NO3. The van der Waals surface area contributed by atoms with Crippen LogP contribution in [0.1, 0.15) is 92.9 Å². The molecule has 168 valence electrons. The summed E-state index contributed by atoms with van der Waals surface area (Å²) < 4.78 is 0. The molecule has 3 aliphatic heterocycles. The van der Waals surface area contributed by atoms with E-state index in [1.807, 2.05) is 0 Å². The highest BCUT2D eigenvalue weighted by molar-refractivity contribution is 5.53. The van der Waals surface area contributed by atoms with Gasteiger partial charge >= 0.3 is 0 Å². The van der Waals surface area contributed by atoms with Gasteiger partial charge in [0.2, 0.25) is 0 Å². The predicted molar refractivity (Wildman–Crippen MR) is 119 cm³/mol. The maximum atomic E-state index is 12.2. The Labute approximate surface area is 185 Å². The fourth-order valence-electron chi connectivity index (χ4n) is 9.64. The number of fused-ring (bicyclic) bond motifs is 9. The normalized spacial score (nSPS) is 52.3. The lowest BCUT2D eigenvalue weighted by molar-refractivity contribution is -0.124. The van der Waals surface area contributed by atoms with Crippen LogP contribution in [0.3, 0.4) is 0 Å². The van der Waals surface area contributed by atoms with Crippen LogP contribution in [0.4, 0.5) is 0 Å². The van der Waals surface area contributed by atoms with Crippen LogP contribution >= 0.6 is 0 Å². The molecule has 6 aliphatic rings. The molecule has 10 atom stereocenters. The fraction of sp³-hybridized carbons (Fsp3) is 0.778. The Hall–Kier alpha value is -0.940. The van der Waals surface area contributed by atoms with E-state index in [0.717, 1.165) is 45.1 Å². The monoisotopic (exact) mass is 423 g/mol. The van der Waals surface area contributed by atoms with Crippen molar-refractivity contribution in [3.8, 4) is 0 Å². The Balaban J connectivity index is 1.37. The van der Waals surface area contributed by atoms with E-state index in [1.165, 1.54) is 35.1 Å². The van der Waals surface area contributed by atoms with Gasteiger partial charge in [0, 0.05) is 18.2 Å². The molecule has 2 bridgehead atoms. The van der Waals surface area contributed by atoms with Gasteiger partial charge in [0.1, 0.15) is 5.72 Å². The van der Waals surface area contributed by atoms with Gasteiger partial charge in [-0.1, -0.05) is 26.0 Å². The summed E-state index contributed by atoms with van der Waals surface area (Å²) in [4.78, 5) is 2.47. The molecule has 1 aromatic carbocycles. The quantitative estimate of drug-likeness (QED) is 0.596. The van der Waals surface area contributed by atoms with E-state index in [9.17, 15) is 15.3 Å². The minimum absolute atomic E-state index is 0.0742.